The van der Waals surface area contributed by atoms with Gasteiger partial charge in [0.2, 0.25) is 0 Å². The Hall–Kier alpha value is -0.660. The quantitative estimate of drug-likeness (QED) is 0.448. The molecule has 0 spiro atoms. The minimum atomic E-state index is 0.0867. The van der Waals surface area contributed by atoms with E-state index in [1.165, 1.54) is 45.7 Å². The summed E-state index contributed by atoms with van der Waals surface area (Å²) in [5, 5.41) is 0. The molecule has 0 fully saturated rings. The second-order valence-electron chi connectivity index (χ2n) is 4.69. The van der Waals surface area contributed by atoms with Crippen molar-refractivity contribution in [3.63, 3.8) is 0 Å². The molecule has 1 heterocycles. The molecule has 0 atom stereocenters. The van der Waals surface area contributed by atoms with Crippen molar-refractivity contribution in [3.8, 4) is 0 Å². The summed E-state index contributed by atoms with van der Waals surface area (Å²) in [6.45, 7) is 4.53. The summed E-state index contributed by atoms with van der Waals surface area (Å²) in [5.74, 6) is 0. The molecule has 0 aromatic carbocycles. The van der Waals surface area contributed by atoms with Gasteiger partial charge in [0.25, 0.3) is 0 Å². The highest BCUT2D eigenvalue weighted by molar-refractivity contribution is 6.33. The van der Waals surface area contributed by atoms with Gasteiger partial charge in [0.15, 0.2) is 13.7 Å². The van der Waals surface area contributed by atoms with Gasteiger partial charge < -0.3 is 8.96 Å². The van der Waals surface area contributed by atoms with Crippen molar-refractivity contribution in [2.75, 3.05) is 0 Å². The van der Waals surface area contributed by atoms with Crippen LogP contribution in [0.2, 0.25) is 12.6 Å². The highest BCUT2D eigenvalue weighted by Gasteiger charge is 2.01. The van der Waals surface area contributed by atoms with Crippen LogP contribution in [0.1, 0.15) is 39.5 Å². The van der Waals surface area contributed by atoms with Gasteiger partial charge in [0, 0.05) is 0 Å². The van der Waals surface area contributed by atoms with Crippen molar-refractivity contribution in [3.05, 3.63) is 18.7 Å². The van der Waals surface area contributed by atoms with Crippen LogP contribution in [0.25, 0.3) is 0 Å². The van der Waals surface area contributed by atoms with Crippen molar-refractivity contribution in [1.29, 1.82) is 0 Å². The fourth-order valence-corrected chi connectivity index (χ4v) is 2.14. The molecule has 0 saturated heterocycles. The van der Waals surface area contributed by atoms with Gasteiger partial charge in [-0.15, -0.1) is 6.32 Å². The average molecular weight is 206 g/mol. The van der Waals surface area contributed by atoms with E-state index < -0.39 is 0 Å². The minimum absolute atomic E-state index is 0.0867. The van der Waals surface area contributed by atoms with Crippen LogP contribution in [-0.4, -0.2) is 19.3 Å². The third-order valence-corrected chi connectivity index (χ3v) is 3.14. The summed E-state index contributed by atoms with van der Waals surface area (Å²) in [4.78, 5) is 0. The fraction of sp³-hybridized carbons (Fsp3) is 0.727. The van der Waals surface area contributed by atoms with E-state index in [1.807, 2.05) is 0 Å². The second kappa shape index (κ2) is 7.61. The van der Waals surface area contributed by atoms with Crippen LogP contribution in [0.4, 0.5) is 0 Å². The van der Waals surface area contributed by atoms with Crippen LogP contribution in [0.3, 0.4) is 0 Å². The molecule has 0 amide bonds. The number of hydrogen-bond acceptors (Lipinski definition) is 0. The molecule has 0 aliphatic rings. The Morgan fingerprint density at radius 3 is 2.80 bits per heavy atom. The van der Waals surface area contributed by atoms with E-state index in [4.69, 9.17) is 0 Å². The highest BCUT2D eigenvalue weighted by atomic mass is 15.0. The first kappa shape index (κ1) is 12.4. The maximum absolute atomic E-state index is 2.43. The molecule has 0 saturated carbocycles. The Labute approximate surface area is 95.2 Å². The summed E-state index contributed by atoms with van der Waals surface area (Å²) in [5.41, 5.74) is 0. The van der Waals surface area contributed by atoms with E-state index in [0.717, 1.165) is 0 Å². The highest BCUT2D eigenvalue weighted by Crippen LogP contribution is 1.95. The molecule has 0 radical (unpaired) electrons. The monoisotopic (exact) mass is 206 g/mol. The smallest absolute Gasteiger partial charge is 0.359 e. The van der Waals surface area contributed by atoms with Gasteiger partial charge in [0.1, 0.15) is 6.20 Å². The predicted molar refractivity (Wildman–Crippen MR) is 70.5 cm³/mol. The first-order chi connectivity index (χ1) is 7.36. The van der Waals surface area contributed by atoms with E-state index in [1.54, 1.807) is 0 Å². The van der Waals surface area contributed by atoms with Gasteiger partial charge in [0.05, 0.1) is 6.20 Å². The molecular formula is C11H24B2N2. The molecular weight excluding hydrogens is 182 g/mol. The van der Waals surface area contributed by atoms with Gasteiger partial charge in [-0.05, 0) is 6.32 Å². The first-order valence-corrected chi connectivity index (χ1v) is 6.75. The molecule has 1 aromatic heterocycles. The molecule has 0 bridgehead atoms. The van der Waals surface area contributed by atoms with Crippen LogP contribution in [0.5, 0.6) is 0 Å². The summed E-state index contributed by atoms with van der Waals surface area (Å²) < 4.78 is 4.77. The third-order valence-electron chi connectivity index (χ3n) is 3.14. The summed E-state index contributed by atoms with van der Waals surface area (Å²) >= 11 is 0. The summed E-state index contributed by atoms with van der Waals surface area (Å²) in [7, 11) is 1.28. The predicted octanol–water partition coefficient (Wildman–Crippen LogP) is 1.34. The number of rotatable bonds is 8. The molecule has 0 unspecified atom stereocenters. The SMILES string of the molecule is CCCCBn1cc[n+]([BH2-]CCCC)c1. The Morgan fingerprint density at radius 1 is 1.27 bits per heavy atom. The number of hydrogen-bond donors (Lipinski definition) is 0. The maximum Gasteiger partial charge on any atom is 0.359 e. The number of aromatic nitrogens is 2. The van der Waals surface area contributed by atoms with Crippen molar-refractivity contribution in [1.82, 2.24) is 4.48 Å². The topological polar surface area (TPSA) is 8.81 Å². The molecule has 0 aliphatic carbocycles. The van der Waals surface area contributed by atoms with Gasteiger partial charge >= 0.3 is 7.41 Å². The lowest BCUT2D eigenvalue weighted by atomic mass is 9.85. The van der Waals surface area contributed by atoms with Gasteiger partial charge in [-0.2, -0.15) is 0 Å². The molecule has 1 aromatic rings. The van der Waals surface area contributed by atoms with E-state index in [-0.39, 0.29) is 7.41 Å². The normalized spacial score (nSPS) is 10.5. The van der Waals surface area contributed by atoms with Crippen molar-refractivity contribution >= 4 is 14.8 Å². The Balaban J connectivity index is 2.23. The maximum atomic E-state index is 2.43. The van der Waals surface area contributed by atoms with Crippen LogP contribution in [0, 0.1) is 0 Å². The van der Waals surface area contributed by atoms with Crippen LogP contribution in [0.15, 0.2) is 18.7 Å². The summed E-state index contributed by atoms with van der Waals surface area (Å²) in [6.07, 6.45) is 14.9. The molecule has 84 valence electrons. The Kier molecular flexibility index (Phi) is 6.29. The van der Waals surface area contributed by atoms with Crippen LogP contribution >= 0.6 is 0 Å². The largest absolute Gasteiger partial charge is 0.443 e. The first-order valence-electron chi connectivity index (χ1n) is 6.75. The Morgan fingerprint density at radius 2 is 2.07 bits per heavy atom. The lowest BCUT2D eigenvalue weighted by Gasteiger charge is -2.01. The van der Waals surface area contributed by atoms with Gasteiger partial charge in [-0.1, -0.05) is 39.5 Å². The number of imidazole rings is 1. The fourth-order valence-electron chi connectivity index (χ4n) is 2.14. The molecule has 0 N–H and O–H groups in total. The van der Waals surface area contributed by atoms with Crippen molar-refractivity contribution in [2.24, 2.45) is 0 Å². The zero-order chi connectivity index (χ0) is 10.9. The zero-order valence-electron chi connectivity index (χ0n) is 10.6. The standard InChI is InChI=1S/C11H24B2N2/c1-3-5-7-12-14-9-10-15(11-14)13-8-6-4-2/h9-12H,3-8,13H2,1-2H3. The lowest BCUT2D eigenvalue weighted by molar-refractivity contribution is -0.528. The van der Waals surface area contributed by atoms with Crippen molar-refractivity contribution < 1.29 is 4.48 Å². The third kappa shape index (κ3) is 5.10. The lowest BCUT2D eigenvalue weighted by Crippen LogP contribution is -2.37. The summed E-state index contributed by atoms with van der Waals surface area (Å²) in [6, 6.07) is 0. The van der Waals surface area contributed by atoms with Gasteiger partial charge in [-0.3, -0.25) is 0 Å². The Bertz CT molecular complexity index is 236. The molecule has 4 heteroatoms. The van der Waals surface area contributed by atoms with Crippen LogP contribution < -0.4 is 4.48 Å². The number of nitrogens with zero attached hydrogens (tertiary/aromatic N) is 2. The number of unbranched alkanes of at least 4 members (excludes halogenated alkanes) is 2. The molecule has 0 aliphatic heterocycles. The van der Waals surface area contributed by atoms with E-state index in [9.17, 15) is 0 Å². The van der Waals surface area contributed by atoms with E-state index in [2.05, 4.69) is 41.5 Å². The second-order valence-corrected chi connectivity index (χ2v) is 4.69. The van der Waals surface area contributed by atoms with Crippen LogP contribution in [-0.2, 0) is 0 Å². The zero-order valence-corrected chi connectivity index (χ0v) is 10.6. The minimum Gasteiger partial charge on any atom is -0.443 e. The average Bonchev–Trinajstić information content (AvgIpc) is 2.67. The van der Waals surface area contributed by atoms with E-state index in [0.29, 0.717) is 0 Å². The molecule has 2 nitrogen and oxygen atoms in total. The van der Waals surface area contributed by atoms with Crippen molar-refractivity contribution in [2.45, 2.75) is 52.2 Å². The molecule has 1 rings (SSSR count). The molecule has 15 heavy (non-hydrogen) atoms. The van der Waals surface area contributed by atoms with Gasteiger partial charge in [-0.25, -0.2) is 0 Å². The van der Waals surface area contributed by atoms with E-state index >= 15 is 0 Å².